The van der Waals surface area contributed by atoms with Crippen molar-refractivity contribution >= 4 is 23.4 Å². The maximum absolute atomic E-state index is 13.0. The van der Waals surface area contributed by atoms with Crippen molar-refractivity contribution in [1.82, 2.24) is 14.4 Å². The third-order valence-corrected chi connectivity index (χ3v) is 3.42. The molecule has 3 rings (SSSR count). The molecule has 0 aliphatic heterocycles. The molecule has 0 saturated heterocycles. The number of ether oxygens (including phenoxy) is 1. The van der Waals surface area contributed by atoms with E-state index in [1.807, 2.05) is 0 Å². The minimum Gasteiger partial charge on any atom is -0.453 e. The van der Waals surface area contributed by atoms with E-state index in [-0.39, 0.29) is 11.4 Å². The Labute approximate surface area is 139 Å². The number of imidazole rings is 1. The Balaban J connectivity index is 2.00. The maximum Gasteiger partial charge on any atom is 0.419 e. The minimum atomic E-state index is -4.59. The summed E-state index contributed by atoms with van der Waals surface area (Å²) in [6.07, 6.45) is -0.940. The van der Waals surface area contributed by atoms with E-state index in [0.717, 1.165) is 6.07 Å². The molecule has 0 fully saturated rings. The summed E-state index contributed by atoms with van der Waals surface area (Å²) in [5, 5.41) is 2.41. The van der Waals surface area contributed by atoms with E-state index < -0.39 is 23.7 Å². The highest BCUT2D eigenvalue weighted by molar-refractivity contribution is 5.83. The molecule has 0 aliphatic rings. The number of aromatic nitrogens is 3. The Hall–Kier alpha value is -3.30. The van der Waals surface area contributed by atoms with Crippen molar-refractivity contribution in [1.29, 1.82) is 0 Å². The Bertz CT molecular complexity index is 952. The van der Waals surface area contributed by atoms with Gasteiger partial charge in [-0.3, -0.25) is 5.32 Å². The van der Waals surface area contributed by atoms with Gasteiger partial charge in [0.2, 0.25) is 0 Å². The van der Waals surface area contributed by atoms with Gasteiger partial charge in [0.25, 0.3) is 0 Å². The zero-order valence-corrected chi connectivity index (χ0v) is 12.8. The lowest BCUT2D eigenvalue weighted by atomic mass is 10.1. The van der Waals surface area contributed by atoms with Gasteiger partial charge < -0.3 is 14.9 Å². The predicted molar refractivity (Wildman–Crippen MR) is 83.9 cm³/mol. The van der Waals surface area contributed by atoms with E-state index in [2.05, 4.69) is 20.0 Å². The summed E-state index contributed by atoms with van der Waals surface area (Å²) in [5.74, 6) is -0.333. The number of nitrogen functional groups attached to an aromatic ring is 1. The molecule has 0 aromatic carbocycles. The lowest BCUT2D eigenvalue weighted by molar-refractivity contribution is -0.137. The molecule has 3 aromatic heterocycles. The van der Waals surface area contributed by atoms with Crippen molar-refractivity contribution in [2.45, 2.75) is 6.18 Å². The van der Waals surface area contributed by atoms with Crippen LogP contribution in [0.3, 0.4) is 0 Å². The van der Waals surface area contributed by atoms with Gasteiger partial charge >= 0.3 is 12.3 Å². The van der Waals surface area contributed by atoms with Gasteiger partial charge in [-0.15, -0.1) is 0 Å². The fourth-order valence-corrected chi connectivity index (χ4v) is 2.24. The molecule has 0 aliphatic carbocycles. The molecule has 0 saturated carbocycles. The second kappa shape index (κ2) is 5.96. The zero-order valence-electron chi connectivity index (χ0n) is 12.8. The Morgan fingerprint density at radius 3 is 2.72 bits per heavy atom. The predicted octanol–water partition coefficient (Wildman–Crippen LogP) is 3.18. The molecular formula is C15H12F3N5O2. The Kier molecular flexibility index (Phi) is 3.95. The monoisotopic (exact) mass is 351 g/mol. The first-order chi connectivity index (χ1) is 11.8. The molecule has 3 N–H and O–H groups in total. The standard InChI is InChI=1S/C15H12F3N5O2/c1-25-14(24)22-11-7-23-6-8(2-3-12(23)21-11)9-4-10(15(16,17)18)13(19)20-5-9/h2-7H,1H3,(H2,19,20)(H,22,24). The number of fused-ring (bicyclic) bond motifs is 1. The Morgan fingerprint density at radius 1 is 1.28 bits per heavy atom. The highest BCUT2D eigenvalue weighted by Crippen LogP contribution is 2.35. The minimum absolute atomic E-state index is 0.246. The van der Waals surface area contributed by atoms with Crippen LogP contribution in [0.25, 0.3) is 16.8 Å². The number of hydrogen-bond donors (Lipinski definition) is 2. The van der Waals surface area contributed by atoms with Crippen LogP contribution in [0.1, 0.15) is 5.56 Å². The van der Waals surface area contributed by atoms with Crippen molar-refractivity contribution < 1.29 is 22.7 Å². The molecule has 3 heterocycles. The van der Waals surface area contributed by atoms with Crippen LogP contribution in [0.5, 0.6) is 0 Å². The average molecular weight is 351 g/mol. The normalized spacial score (nSPS) is 11.5. The largest absolute Gasteiger partial charge is 0.453 e. The number of alkyl halides is 3. The van der Waals surface area contributed by atoms with E-state index in [1.54, 1.807) is 22.7 Å². The number of nitrogens with two attached hydrogens (primary N) is 1. The van der Waals surface area contributed by atoms with Gasteiger partial charge in [0, 0.05) is 23.5 Å². The number of nitrogens with zero attached hydrogens (tertiary/aromatic N) is 3. The summed E-state index contributed by atoms with van der Waals surface area (Å²) in [6.45, 7) is 0. The number of carbonyl (C=O) groups is 1. The summed E-state index contributed by atoms with van der Waals surface area (Å²) < 4.78 is 44.9. The van der Waals surface area contributed by atoms with Crippen molar-refractivity contribution in [3.8, 4) is 11.1 Å². The summed E-state index contributed by atoms with van der Waals surface area (Å²) in [5.41, 5.74) is 5.54. The molecule has 0 unspecified atom stereocenters. The van der Waals surface area contributed by atoms with Crippen LogP contribution < -0.4 is 11.1 Å². The number of anilines is 2. The number of rotatable bonds is 2. The van der Waals surface area contributed by atoms with Gasteiger partial charge in [-0.2, -0.15) is 13.2 Å². The Morgan fingerprint density at radius 2 is 2.04 bits per heavy atom. The molecule has 7 nitrogen and oxygen atoms in total. The second-order valence-corrected chi connectivity index (χ2v) is 5.08. The molecule has 0 atom stereocenters. The molecular weight excluding hydrogens is 339 g/mol. The molecule has 10 heteroatoms. The van der Waals surface area contributed by atoms with Gasteiger partial charge in [0.05, 0.1) is 18.9 Å². The second-order valence-electron chi connectivity index (χ2n) is 5.08. The first-order valence-corrected chi connectivity index (χ1v) is 6.95. The van der Waals surface area contributed by atoms with E-state index in [9.17, 15) is 18.0 Å². The lowest BCUT2D eigenvalue weighted by Crippen LogP contribution is -2.10. The summed E-state index contributed by atoms with van der Waals surface area (Å²) in [6, 6.07) is 4.13. The summed E-state index contributed by atoms with van der Waals surface area (Å²) >= 11 is 0. The van der Waals surface area contributed by atoms with E-state index in [0.29, 0.717) is 11.2 Å². The third kappa shape index (κ3) is 3.32. The highest BCUT2D eigenvalue weighted by atomic mass is 19.4. The number of halogens is 3. The van der Waals surface area contributed by atoms with Gasteiger partial charge in [0.15, 0.2) is 5.82 Å². The van der Waals surface area contributed by atoms with Crippen molar-refractivity contribution in [3.05, 3.63) is 42.4 Å². The highest BCUT2D eigenvalue weighted by Gasteiger charge is 2.34. The van der Waals surface area contributed by atoms with Gasteiger partial charge in [-0.05, 0) is 18.2 Å². The fraction of sp³-hybridized carbons (Fsp3) is 0.133. The van der Waals surface area contributed by atoms with Crippen LogP contribution in [0.2, 0.25) is 0 Å². The van der Waals surface area contributed by atoms with Crippen LogP contribution in [-0.4, -0.2) is 27.6 Å². The van der Waals surface area contributed by atoms with Crippen molar-refractivity contribution in [3.63, 3.8) is 0 Å². The average Bonchev–Trinajstić information content (AvgIpc) is 2.95. The topological polar surface area (TPSA) is 94.5 Å². The first kappa shape index (κ1) is 16.6. The van der Waals surface area contributed by atoms with Crippen molar-refractivity contribution in [2.75, 3.05) is 18.2 Å². The van der Waals surface area contributed by atoms with E-state index in [1.165, 1.54) is 19.5 Å². The fourth-order valence-electron chi connectivity index (χ4n) is 2.24. The smallest absolute Gasteiger partial charge is 0.419 e. The molecule has 0 radical (unpaired) electrons. The first-order valence-electron chi connectivity index (χ1n) is 6.95. The number of amides is 1. The molecule has 130 valence electrons. The molecule has 1 amide bonds. The van der Waals surface area contributed by atoms with Gasteiger partial charge in [-0.25, -0.2) is 14.8 Å². The summed E-state index contributed by atoms with van der Waals surface area (Å²) in [7, 11) is 1.22. The quantitative estimate of drug-likeness (QED) is 0.739. The van der Waals surface area contributed by atoms with Crippen molar-refractivity contribution in [2.24, 2.45) is 0 Å². The molecule has 3 aromatic rings. The maximum atomic E-state index is 13.0. The van der Waals surface area contributed by atoms with Gasteiger partial charge in [0.1, 0.15) is 11.5 Å². The van der Waals surface area contributed by atoms with Crippen LogP contribution in [0.4, 0.5) is 29.6 Å². The summed E-state index contributed by atoms with van der Waals surface area (Å²) in [4.78, 5) is 19.0. The third-order valence-electron chi connectivity index (χ3n) is 3.42. The molecule has 25 heavy (non-hydrogen) atoms. The van der Waals surface area contributed by atoms with Gasteiger partial charge in [-0.1, -0.05) is 0 Å². The number of pyridine rings is 2. The van der Waals surface area contributed by atoms with Crippen LogP contribution in [0, 0.1) is 0 Å². The SMILES string of the molecule is COC(=O)Nc1cn2cc(-c3cnc(N)c(C(F)(F)F)c3)ccc2n1. The van der Waals surface area contributed by atoms with Crippen LogP contribution in [-0.2, 0) is 10.9 Å². The zero-order chi connectivity index (χ0) is 18.2. The molecule has 0 bridgehead atoms. The number of hydrogen-bond acceptors (Lipinski definition) is 5. The number of methoxy groups -OCH3 is 1. The molecule has 0 spiro atoms. The number of nitrogens with one attached hydrogen (secondary N) is 1. The van der Waals surface area contributed by atoms with Crippen LogP contribution >= 0.6 is 0 Å². The number of carbonyl (C=O) groups excluding carboxylic acids is 1. The van der Waals surface area contributed by atoms with E-state index in [4.69, 9.17) is 5.73 Å². The van der Waals surface area contributed by atoms with E-state index >= 15 is 0 Å². The lowest BCUT2D eigenvalue weighted by Gasteiger charge is -2.11. The van der Waals surface area contributed by atoms with Crippen LogP contribution in [0.15, 0.2) is 36.8 Å².